The second kappa shape index (κ2) is 8.44. The number of amides is 1. The van der Waals surface area contributed by atoms with E-state index in [0.29, 0.717) is 28.5 Å². The van der Waals surface area contributed by atoms with Crippen LogP contribution in [-0.4, -0.2) is 25.8 Å². The van der Waals surface area contributed by atoms with Gasteiger partial charge in [0.1, 0.15) is 0 Å². The molecule has 0 fully saturated rings. The summed E-state index contributed by atoms with van der Waals surface area (Å²) in [6.45, 7) is 0.0771. The normalized spacial score (nSPS) is 12.4. The molecule has 8 heteroatoms. The van der Waals surface area contributed by atoms with Crippen molar-refractivity contribution in [3.8, 4) is 17.2 Å². The van der Waals surface area contributed by atoms with E-state index in [4.69, 9.17) is 19.9 Å². The first-order valence-corrected chi connectivity index (χ1v) is 9.17. The Hall–Kier alpha value is -4.20. The molecule has 4 rings (SSSR count). The van der Waals surface area contributed by atoms with E-state index in [1.165, 1.54) is 7.11 Å². The zero-order chi connectivity index (χ0) is 20.9. The van der Waals surface area contributed by atoms with Gasteiger partial charge in [-0.15, -0.1) is 0 Å². The van der Waals surface area contributed by atoms with Crippen LogP contribution in [-0.2, 0) is 0 Å². The van der Waals surface area contributed by atoms with E-state index in [9.17, 15) is 4.79 Å². The van der Waals surface area contributed by atoms with E-state index < -0.39 is 5.91 Å². The Bertz CT molecular complexity index is 1100. The van der Waals surface area contributed by atoms with Crippen LogP contribution in [0.1, 0.15) is 10.4 Å². The molecule has 0 atom stereocenters. The minimum absolute atomic E-state index is 0.0338. The van der Waals surface area contributed by atoms with Crippen molar-refractivity contribution in [2.24, 2.45) is 10.7 Å². The van der Waals surface area contributed by atoms with Gasteiger partial charge in [-0.3, -0.25) is 10.1 Å². The molecule has 4 N–H and O–H groups in total. The van der Waals surface area contributed by atoms with Gasteiger partial charge in [0, 0.05) is 16.9 Å². The van der Waals surface area contributed by atoms with Crippen LogP contribution in [0.2, 0.25) is 0 Å². The van der Waals surface area contributed by atoms with Crippen LogP contribution in [0.3, 0.4) is 0 Å². The third kappa shape index (κ3) is 4.27. The number of methoxy groups -OCH3 is 1. The lowest BCUT2D eigenvalue weighted by Gasteiger charge is -2.09. The number of rotatable bonds is 5. The fourth-order valence-electron chi connectivity index (χ4n) is 2.96. The molecule has 1 amide bonds. The third-order valence-corrected chi connectivity index (χ3v) is 4.32. The van der Waals surface area contributed by atoms with Gasteiger partial charge in [0.2, 0.25) is 18.5 Å². The molecule has 0 aromatic heterocycles. The van der Waals surface area contributed by atoms with Gasteiger partial charge in [0.05, 0.1) is 12.8 Å². The van der Waals surface area contributed by atoms with Gasteiger partial charge in [-0.1, -0.05) is 24.3 Å². The number of para-hydroxylation sites is 1. The first kappa shape index (κ1) is 19.1. The number of carbonyl (C=O) groups excluding carboxylic acids is 1. The SMILES string of the molecule is COc1cc(C(=O)NC(N)=Nc2cccc(Nc3ccccc3)c2)cc2c1OCO2. The van der Waals surface area contributed by atoms with Crippen molar-refractivity contribution in [2.45, 2.75) is 0 Å². The maximum absolute atomic E-state index is 12.6. The highest BCUT2D eigenvalue weighted by Crippen LogP contribution is 2.41. The lowest BCUT2D eigenvalue weighted by atomic mass is 10.1. The smallest absolute Gasteiger partial charge is 0.258 e. The van der Waals surface area contributed by atoms with Crippen molar-refractivity contribution in [1.29, 1.82) is 0 Å². The van der Waals surface area contributed by atoms with E-state index >= 15 is 0 Å². The van der Waals surface area contributed by atoms with Crippen LogP contribution in [0.4, 0.5) is 17.1 Å². The minimum atomic E-state index is -0.439. The fourth-order valence-corrected chi connectivity index (χ4v) is 2.96. The van der Waals surface area contributed by atoms with Gasteiger partial charge >= 0.3 is 0 Å². The number of ether oxygens (including phenoxy) is 3. The fraction of sp³-hybridized carbons (Fsp3) is 0.0909. The van der Waals surface area contributed by atoms with Gasteiger partial charge in [0.25, 0.3) is 5.91 Å². The predicted molar refractivity (Wildman–Crippen MR) is 114 cm³/mol. The number of anilines is 2. The standard InChI is InChI=1S/C22H20N4O4/c1-28-18-10-14(11-19-20(18)30-13-29-19)21(27)26-22(23)25-17-9-5-8-16(12-17)24-15-6-3-2-4-7-15/h2-12,24H,13H2,1H3,(H3,23,25,26,27). The molecule has 30 heavy (non-hydrogen) atoms. The highest BCUT2D eigenvalue weighted by molar-refractivity contribution is 6.06. The average molecular weight is 404 g/mol. The van der Waals surface area contributed by atoms with E-state index in [-0.39, 0.29) is 12.8 Å². The molecular weight excluding hydrogens is 384 g/mol. The summed E-state index contributed by atoms with van der Waals surface area (Å²) in [5, 5.41) is 5.86. The number of benzene rings is 3. The van der Waals surface area contributed by atoms with E-state index in [1.54, 1.807) is 18.2 Å². The van der Waals surface area contributed by atoms with E-state index in [0.717, 1.165) is 11.4 Å². The second-order valence-electron chi connectivity index (χ2n) is 6.40. The lowest BCUT2D eigenvalue weighted by molar-refractivity contribution is 0.0976. The Labute approximate surface area is 173 Å². The van der Waals surface area contributed by atoms with Crippen molar-refractivity contribution >= 4 is 28.9 Å². The molecule has 1 aliphatic heterocycles. The average Bonchev–Trinajstić information content (AvgIpc) is 3.22. The van der Waals surface area contributed by atoms with Crippen LogP contribution >= 0.6 is 0 Å². The van der Waals surface area contributed by atoms with Crippen molar-refractivity contribution < 1.29 is 19.0 Å². The molecule has 8 nitrogen and oxygen atoms in total. The van der Waals surface area contributed by atoms with Crippen molar-refractivity contribution in [3.05, 3.63) is 72.3 Å². The number of carbonyl (C=O) groups is 1. The molecule has 0 saturated heterocycles. The van der Waals surface area contributed by atoms with Crippen molar-refractivity contribution in [1.82, 2.24) is 5.32 Å². The first-order chi connectivity index (χ1) is 14.6. The number of guanidine groups is 1. The quantitative estimate of drug-likeness (QED) is 0.444. The van der Waals surface area contributed by atoms with Gasteiger partial charge in [0.15, 0.2) is 11.5 Å². The summed E-state index contributed by atoms with van der Waals surface area (Å²) in [6.07, 6.45) is 0. The number of nitrogens with two attached hydrogens (primary N) is 1. The number of fused-ring (bicyclic) bond motifs is 1. The molecule has 0 saturated carbocycles. The lowest BCUT2D eigenvalue weighted by Crippen LogP contribution is -2.36. The zero-order valence-corrected chi connectivity index (χ0v) is 16.2. The molecule has 0 spiro atoms. The summed E-state index contributed by atoms with van der Waals surface area (Å²) < 4.78 is 15.9. The summed E-state index contributed by atoms with van der Waals surface area (Å²) in [7, 11) is 1.49. The zero-order valence-electron chi connectivity index (χ0n) is 16.2. The summed E-state index contributed by atoms with van der Waals surface area (Å²) in [5.74, 6) is 0.846. The van der Waals surface area contributed by atoms with E-state index in [1.807, 2.05) is 48.5 Å². The van der Waals surface area contributed by atoms with E-state index in [2.05, 4.69) is 15.6 Å². The van der Waals surface area contributed by atoms with Crippen molar-refractivity contribution in [3.63, 3.8) is 0 Å². The van der Waals surface area contributed by atoms with Crippen LogP contribution in [0.25, 0.3) is 0 Å². The molecular formula is C22H20N4O4. The highest BCUT2D eigenvalue weighted by atomic mass is 16.7. The third-order valence-electron chi connectivity index (χ3n) is 4.32. The Kier molecular flexibility index (Phi) is 5.38. The van der Waals surface area contributed by atoms with Gasteiger partial charge in [-0.2, -0.15) is 0 Å². The number of aliphatic imine (C=N–C) groups is 1. The molecule has 3 aromatic carbocycles. The molecule has 0 unspecified atom stereocenters. The summed E-state index contributed by atoms with van der Waals surface area (Å²) in [4.78, 5) is 16.9. The van der Waals surface area contributed by atoms with Crippen molar-refractivity contribution in [2.75, 3.05) is 19.2 Å². The highest BCUT2D eigenvalue weighted by Gasteiger charge is 2.22. The topological polar surface area (TPSA) is 107 Å². The van der Waals surface area contributed by atoms with Gasteiger partial charge in [-0.05, 0) is 42.5 Å². The monoisotopic (exact) mass is 404 g/mol. The number of hydrogen-bond donors (Lipinski definition) is 3. The summed E-state index contributed by atoms with van der Waals surface area (Å²) in [5.41, 5.74) is 8.65. The van der Waals surface area contributed by atoms with Gasteiger partial charge < -0.3 is 25.3 Å². The first-order valence-electron chi connectivity index (χ1n) is 9.17. The molecule has 0 bridgehead atoms. The van der Waals surface area contributed by atoms with Crippen LogP contribution in [0.5, 0.6) is 17.2 Å². The molecule has 1 heterocycles. The minimum Gasteiger partial charge on any atom is -0.493 e. The maximum Gasteiger partial charge on any atom is 0.258 e. The number of hydrogen-bond acceptors (Lipinski definition) is 6. The molecule has 0 radical (unpaired) electrons. The summed E-state index contributed by atoms with van der Waals surface area (Å²) >= 11 is 0. The Morgan fingerprint density at radius 1 is 1.03 bits per heavy atom. The molecule has 3 aromatic rings. The Morgan fingerprint density at radius 2 is 1.83 bits per heavy atom. The Morgan fingerprint density at radius 3 is 2.63 bits per heavy atom. The van der Waals surface area contributed by atoms with Crippen LogP contribution in [0.15, 0.2) is 71.7 Å². The summed E-state index contributed by atoms with van der Waals surface area (Å²) in [6, 6.07) is 20.3. The number of nitrogens with one attached hydrogen (secondary N) is 2. The second-order valence-corrected chi connectivity index (χ2v) is 6.40. The van der Waals surface area contributed by atoms with Gasteiger partial charge in [-0.25, -0.2) is 4.99 Å². The van der Waals surface area contributed by atoms with Crippen LogP contribution < -0.4 is 30.6 Å². The van der Waals surface area contributed by atoms with Crippen LogP contribution in [0, 0.1) is 0 Å². The molecule has 152 valence electrons. The molecule has 0 aliphatic carbocycles. The predicted octanol–water partition coefficient (Wildman–Crippen LogP) is 3.54. The number of nitrogens with zero attached hydrogens (tertiary/aromatic N) is 1. The largest absolute Gasteiger partial charge is 0.493 e. The maximum atomic E-state index is 12.6. The Balaban J connectivity index is 1.48. The molecule has 1 aliphatic rings.